The van der Waals surface area contributed by atoms with Crippen LogP contribution in [-0.2, 0) is 18.0 Å². The van der Waals surface area contributed by atoms with Crippen molar-refractivity contribution in [2.75, 3.05) is 0 Å². The van der Waals surface area contributed by atoms with Crippen molar-refractivity contribution >= 4 is 44.0 Å². The van der Waals surface area contributed by atoms with Gasteiger partial charge in [-0.2, -0.15) is 0 Å². The Balaban J connectivity index is 0.000000222. The van der Waals surface area contributed by atoms with Gasteiger partial charge >= 0.3 is 53.5 Å². The van der Waals surface area contributed by atoms with E-state index in [1.54, 1.807) is 0 Å². The Bertz CT molecular complexity index is 744. The van der Waals surface area contributed by atoms with E-state index >= 15 is 0 Å². The van der Waals surface area contributed by atoms with Crippen LogP contribution in [0.2, 0.25) is 13.1 Å². The van der Waals surface area contributed by atoms with E-state index < -0.39 is 18.0 Å². The monoisotopic (exact) mass is 455 g/mol. The molecule has 0 aliphatic heterocycles. The number of rotatable bonds is 0. The second kappa shape index (κ2) is 10.2. The minimum absolute atomic E-state index is 0.224. The molecule has 3 aromatic carbocycles. The Hall–Kier alpha value is -0.0500. The molecule has 0 amide bonds. The normalized spacial score (nSPS) is 10.5. The average molecular weight is 458 g/mol. The summed E-state index contributed by atoms with van der Waals surface area (Å²) in [5.74, 6) is 0. The van der Waals surface area contributed by atoms with Crippen molar-refractivity contribution in [3.8, 4) is 0 Å². The van der Waals surface area contributed by atoms with Crippen LogP contribution < -0.4 is 0 Å². The van der Waals surface area contributed by atoms with Crippen LogP contribution in [0.25, 0.3) is 27.3 Å². The molecule has 0 radical (unpaired) electrons. The van der Waals surface area contributed by atoms with Crippen LogP contribution in [0.4, 0.5) is 0 Å². The van der Waals surface area contributed by atoms with Crippen molar-refractivity contribution in [1.82, 2.24) is 0 Å². The molecule has 0 aliphatic rings. The summed E-state index contributed by atoms with van der Waals surface area (Å²) in [5.41, 5.74) is 6.46. The minimum Gasteiger partial charge on any atom is -0.126 e. The summed E-state index contributed by atoms with van der Waals surface area (Å²) in [4.78, 5) is 0. The van der Waals surface area contributed by atoms with Crippen LogP contribution in [0.15, 0.2) is 54.6 Å². The Morgan fingerprint density at radius 1 is 0.875 bits per heavy atom. The van der Waals surface area contributed by atoms with Gasteiger partial charge in [0.2, 0.25) is 0 Å². The number of hydrogen-bond donors (Lipinski definition) is 0. The van der Waals surface area contributed by atoms with Gasteiger partial charge in [-0.1, -0.05) is 57.2 Å². The van der Waals surface area contributed by atoms with Crippen molar-refractivity contribution in [2.24, 2.45) is 0 Å². The summed E-state index contributed by atoms with van der Waals surface area (Å²) in [5, 5.41) is 5.39. The number of fused-ring (bicyclic) bond motifs is 3. The quantitative estimate of drug-likeness (QED) is 0.244. The van der Waals surface area contributed by atoms with Crippen molar-refractivity contribution in [3.63, 3.8) is 0 Å². The molecule has 1 nitrogen and oxygen atoms in total. The largest absolute Gasteiger partial charge is 0.126 e. The van der Waals surface area contributed by atoms with E-state index in [-0.39, 0.29) is 11.0 Å². The fourth-order valence-electron chi connectivity index (χ4n) is 1.90. The molecule has 24 heavy (non-hydrogen) atoms. The molecule has 0 atom stereocenters. The minimum atomic E-state index is -1.65. The van der Waals surface area contributed by atoms with Crippen molar-refractivity contribution in [2.45, 2.75) is 39.4 Å². The van der Waals surface area contributed by atoms with Gasteiger partial charge < -0.3 is 5.73 Å². The molecule has 3 rings (SSSR count). The maximum Gasteiger partial charge on any atom is -0.0771 e. The predicted octanol–water partition coefficient (Wildman–Crippen LogP) is 7.71. The molecule has 0 spiro atoms. The molecule has 0 aromatic heterocycles. The first-order valence-electron chi connectivity index (χ1n) is 7.86. The third-order valence-corrected chi connectivity index (χ3v) is 22.6. The fourth-order valence-corrected chi connectivity index (χ4v) is 1.90. The van der Waals surface area contributed by atoms with E-state index in [1.165, 1.54) is 21.5 Å². The smallest absolute Gasteiger partial charge is 0.0771 e. The van der Waals surface area contributed by atoms with Crippen LogP contribution >= 0.6 is 17.0 Å². The topological polar surface area (TPSA) is 23.8 Å². The third kappa shape index (κ3) is 8.36. The Labute approximate surface area is 160 Å². The van der Waals surface area contributed by atoms with Crippen molar-refractivity contribution < 1.29 is 18.0 Å². The van der Waals surface area contributed by atoms with Crippen molar-refractivity contribution in [1.29, 1.82) is 0 Å². The van der Waals surface area contributed by atoms with E-state index in [0.717, 1.165) is 0 Å². The zero-order chi connectivity index (χ0) is 18.3. The van der Waals surface area contributed by atoms with Crippen LogP contribution in [0.3, 0.4) is 0 Å². The first kappa shape index (κ1) is 22.0. The van der Waals surface area contributed by atoms with E-state index in [1.807, 2.05) is 20.8 Å². The van der Waals surface area contributed by atoms with Gasteiger partial charge in [-0.25, -0.2) is 0 Å². The van der Waals surface area contributed by atoms with Crippen LogP contribution in [0.1, 0.15) is 20.8 Å². The zero-order valence-electron chi connectivity index (χ0n) is 15.0. The second-order valence-electron chi connectivity index (χ2n) is 6.83. The molecule has 0 saturated carbocycles. The molecule has 0 unspecified atom stereocenters. The zero-order valence-corrected chi connectivity index (χ0v) is 19.9. The van der Waals surface area contributed by atoms with E-state index in [2.05, 4.69) is 67.7 Å². The van der Waals surface area contributed by atoms with E-state index in [0.29, 0.717) is 0 Å². The first-order chi connectivity index (χ1) is 11.1. The van der Waals surface area contributed by atoms with Crippen LogP contribution in [0.5, 0.6) is 0 Å². The van der Waals surface area contributed by atoms with Gasteiger partial charge in [-0.3, -0.25) is 0 Å². The second-order valence-corrected chi connectivity index (χ2v) is 29.8. The average Bonchev–Trinajstić information content (AvgIpc) is 2.84. The third-order valence-electron chi connectivity index (χ3n) is 2.90. The standard InChI is InChI=1S/C13H9.C4H10N.C2H6Si.2ClH.Zr/c1-3-7-12-10(5-1)9-11-6-2-4-8-13(11)12;1-4(2,3)5;1-3-2;;;/h1-9H;5H,1-3H3;1-2H3;2*1H;/q2*-1;;;;+2/p-2. The van der Waals surface area contributed by atoms with Gasteiger partial charge in [0, 0.05) is 0 Å². The Morgan fingerprint density at radius 2 is 1.17 bits per heavy atom. The number of nitrogens with one attached hydrogen (secondary N) is 1. The molecule has 5 heteroatoms. The fraction of sp³-hybridized carbons (Fsp3) is 0.316. The predicted molar refractivity (Wildman–Crippen MR) is 110 cm³/mol. The number of benzene rings is 2. The number of halogens is 2. The summed E-state index contributed by atoms with van der Waals surface area (Å²) in [6.07, 6.45) is 0. The summed E-state index contributed by atoms with van der Waals surface area (Å²) in [6.45, 7) is 9.89. The van der Waals surface area contributed by atoms with Crippen LogP contribution in [-0.4, -0.2) is 11.0 Å². The maximum atomic E-state index is 6.94. The van der Waals surface area contributed by atoms with Gasteiger partial charge in [0.05, 0.1) is 0 Å². The summed E-state index contributed by atoms with van der Waals surface area (Å²) in [7, 11) is 11.2. The van der Waals surface area contributed by atoms with Gasteiger partial charge in [0.25, 0.3) is 0 Å². The van der Waals surface area contributed by atoms with Gasteiger partial charge in [-0.05, 0) is 0 Å². The maximum absolute atomic E-state index is 6.94. The van der Waals surface area contributed by atoms with Crippen LogP contribution in [0, 0.1) is 0 Å². The molecule has 0 fully saturated rings. The molecule has 0 aliphatic carbocycles. The van der Waals surface area contributed by atoms with Crippen molar-refractivity contribution in [3.05, 3.63) is 60.3 Å². The first-order valence-corrected chi connectivity index (χ1v) is 20.4. The van der Waals surface area contributed by atoms with E-state index in [9.17, 15) is 0 Å². The van der Waals surface area contributed by atoms with E-state index in [4.69, 9.17) is 22.8 Å². The molecule has 0 saturated heterocycles. The summed E-state index contributed by atoms with van der Waals surface area (Å²) < 4.78 is 0. The summed E-state index contributed by atoms with van der Waals surface area (Å²) in [6, 6.07) is 19.3. The van der Waals surface area contributed by atoms with Gasteiger partial charge in [0.1, 0.15) is 0 Å². The Morgan fingerprint density at radius 3 is 1.46 bits per heavy atom. The SMILES string of the molecule is CC(C)(C)[NH-].C[Si](C)=[Zr]([Cl])[Cl].c1ccc2c(c1)[cH-]c1ccccc12. The molecule has 130 valence electrons. The molecular formula is C19H25Cl2NSiZr-2. The molecule has 0 heterocycles. The van der Waals surface area contributed by atoms with Gasteiger partial charge in [0.15, 0.2) is 0 Å². The molecule has 3 aromatic rings. The summed E-state index contributed by atoms with van der Waals surface area (Å²) >= 11 is -1.65. The number of hydrogen-bond acceptors (Lipinski definition) is 0. The molecule has 1 N–H and O–H groups in total. The Kier molecular flexibility index (Phi) is 9.33. The van der Waals surface area contributed by atoms with Gasteiger partial charge in [-0.15, -0.1) is 45.3 Å². The molecular weight excluding hydrogens is 432 g/mol. The molecule has 0 bridgehead atoms.